The highest BCUT2D eigenvalue weighted by Gasteiger charge is 2.19. The van der Waals surface area contributed by atoms with Gasteiger partial charge in [0.25, 0.3) is 5.89 Å². The number of imidazole rings is 1. The van der Waals surface area contributed by atoms with Gasteiger partial charge >= 0.3 is 6.01 Å². The minimum absolute atomic E-state index is 0.394. The maximum Gasteiger partial charge on any atom is 0.318 e. The molecule has 0 spiro atoms. The largest absolute Gasteiger partial charge is 0.402 e. The minimum Gasteiger partial charge on any atom is -0.402 e. The molecule has 1 aromatic carbocycles. The third-order valence-corrected chi connectivity index (χ3v) is 7.53. The summed E-state index contributed by atoms with van der Waals surface area (Å²) in [5.41, 5.74) is 11.3. The van der Waals surface area contributed by atoms with Gasteiger partial charge in [-0.1, -0.05) is 29.4 Å². The maximum absolute atomic E-state index is 6.09. The molecule has 42 heavy (non-hydrogen) atoms. The van der Waals surface area contributed by atoms with Gasteiger partial charge in [0.05, 0.1) is 17.6 Å². The van der Waals surface area contributed by atoms with Crippen LogP contribution in [0.15, 0.2) is 65.5 Å². The fourth-order valence-electron chi connectivity index (χ4n) is 5.46. The molecule has 0 saturated carbocycles. The summed E-state index contributed by atoms with van der Waals surface area (Å²) in [6.07, 6.45) is 5.90. The van der Waals surface area contributed by atoms with Gasteiger partial charge in [-0.25, -0.2) is 4.98 Å². The summed E-state index contributed by atoms with van der Waals surface area (Å²) in [5, 5.41) is 13.2. The van der Waals surface area contributed by atoms with E-state index in [9.17, 15) is 0 Å². The monoisotopic (exact) mass is 561 g/mol. The van der Waals surface area contributed by atoms with Crippen molar-refractivity contribution in [2.24, 2.45) is 7.05 Å². The number of pyridine rings is 2. The standard InChI is InChI=1S/C32H35N9O/c1-20-13-26(29-21(2)37-40(7)22(29)3)15-34-30(20)31-35-36-32(42-31)39(6)18-24-11-12-28-33-16-27(41(28)19-24)25-10-8-9-23(14-25)17-38(4)5/h8-16,19H,17-18H2,1-7H3. The van der Waals surface area contributed by atoms with Crippen LogP contribution in [-0.2, 0) is 20.1 Å². The smallest absolute Gasteiger partial charge is 0.318 e. The Hall–Kier alpha value is -4.83. The molecule has 5 aromatic heterocycles. The number of hydrogen-bond donors (Lipinski definition) is 0. The number of hydrogen-bond acceptors (Lipinski definition) is 8. The van der Waals surface area contributed by atoms with Crippen LogP contribution in [0, 0.1) is 20.8 Å². The number of aromatic nitrogens is 7. The van der Waals surface area contributed by atoms with Gasteiger partial charge < -0.3 is 14.2 Å². The number of nitrogens with zero attached hydrogens (tertiary/aromatic N) is 9. The Bertz CT molecular complexity index is 1900. The second-order valence-electron chi connectivity index (χ2n) is 11.2. The van der Waals surface area contributed by atoms with Gasteiger partial charge in [0, 0.05) is 62.0 Å². The van der Waals surface area contributed by atoms with E-state index in [4.69, 9.17) is 9.40 Å². The van der Waals surface area contributed by atoms with Crippen molar-refractivity contribution in [3.63, 3.8) is 0 Å². The zero-order valence-electron chi connectivity index (χ0n) is 25.1. The highest BCUT2D eigenvalue weighted by molar-refractivity contribution is 5.71. The van der Waals surface area contributed by atoms with Crippen LogP contribution in [0.4, 0.5) is 6.01 Å². The van der Waals surface area contributed by atoms with E-state index in [0.717, 1.165) is 57.1 Å². The first-order valence-electron chi connectivity index (χ1n) is 13.9. The van der Waals surface area contributed by atoms with E-state index < -0.39 is 0 Å². The molecular weight excluding hydrogens is 526 g/mol. The van der Waals surface area contributed by atoms with E-state index in [1.807, 2.05) is 56.0 Å². The van der Waals surface area contributed by atoms with E-state index >= 15 is 0 Å². The molecule has 0 bridgehead atoms. The third-order valence-electron chi connectivity index (χ3n) is 7.53. The van der Waals surface area contributed by atoms with Gasteiger partial charge in [0.2, 0.25) is 0 Å². The van der Waals surface area contributed by atoms with Crippen molar-refractivity contribution in [3.05, 3.63) is 89.1 Å². The molecule has 6 aromatic rings. The normalized spacial score (nSPS) is 11.6. The first-order chi connectivity index (χ1) is 20.2. The van der Waals surface area contributed by atoms with Crippen LogP contribution >= 0.6 is 0 Å². The van der Waals surface area contributed by atoms with Crippen LogP contribution in [0.5, 0.6) is 0 Å². The lowest BCUT2D eigenvalue weighted by Gasteiger charge is -2.15. The zero-order chi connectivity index (χ0) is 29.5. The van der Waals surface area contributed by atoms with Gasteiger partial charge in [-0.15, -0.1) is 5.10 Å². The van der Waals surface area contributed by atoms with E-state index in [1.165, 1.54) is 5.56 Å². The Morgan fingerprint density at radius 3 is 2.43 bits per heavy atom. The molecule has 6 rings (SSSR count). The van der Waals surface area contributed by atoms with Crippen LogP contribution in [0.2, 0.25) is 0 Å². The Morgan fingerprint density at radius 2 is 1.69 bits per heavy atom. The summed E-state index contributed by atoms with van der Waals surface area (Å²) in [5.74, 6) is 0.394. The molecule has 10 heteroatoms. The molecule has 0 saturated heterocycles. The fraction of sp³-hybridized carbons (Fsp3) is 0.281. The SMILES string of the molecule is Cc1cc(-c2c(C)nn(C)c2C)cnc1-c1nnc(N(C)Cc2ccc3ncc(-c4cccc(CN(C)C)c4)n3c2)o1. The molecule has 0 amide bonds. The fourth-order valence-corrected chi connectivity index (χ4v) is 5.46. The Balaban J connectivity index is 1.22. The molecule has 0 aliphatic carbocycles. The Labute approximate surface area is 245 Å². The number of benzene rings is 1. The van der Waals surface area contributed by atoms with Crippen molar-refractivity contribution in [2.45, 2.75) is 33.9 Å². The van der Waals surface area contributed by atoms with E-state index in [1.54, 1.807) is 0 Å². The number of anilines is 1. The highest BCUT2D eigenvalue weighted by atomic mass is 16.4. The summed E-state index contributed by atoms with van der Waals surface area (Å²) < 4.78 is 10.1. The van der Waals surface area contributed by atoms with Gasteiger partial charge in [0.15, 0.2) is 0 Å². The topological polar surface area (TPSA) is 93.4 Å². The first kappa shape index (κ1) is 27.3. The predicted octanol–water partition coefficient (Wildman–Crippen LogP) is 5.47. The van der Waals surface area contributed by atoms with E-state index in [-0.39, 0.29) is 0 Å². The quantitative estimate of drug-likeness (QED) is 0.242. The average Bonchev–Trinajstić information content (AvgIpc) is 3.66. The summed E-state index contributed by atoms with van der Waals surface area (Å²) in [4.78, 5) is 13.4. The number of fused-ring (bicyclic) bond motifs is 1. The van der Waals surface area contributed by atoms with Crippen LogP contribution in [0.1, 0.15) is 28.1 Å². The second-order valence-corrected chi connectivity index (χ2v) is 11.2. The predicted molar refractivity (Wildman–Crippen MR) is 164 cm³/mol. The second kappa shape index (κ2) is 10.9. The third kappa shape index (κ3) is 5.16. The summed E-state index contributed by atoms with van der Waals surface area (Å²) >= 11 is 0. The van der Waals surface area contributed by atoms with Crippen LogP contribution < -0.4 is 4.90 Å². The molecule has 0 unspecified atom stereocenters. The molecule has 214 valence electrons. The van der Waals surface area contributed by atoms with Crippen LogP contribution in [-0.4, -0.2) is 60.4 Å². The summed E-state index contributed by atoms with van der Waals surface area (Å²) in [7, 11) is 8.05. The van der Waals surface area contributed by atoms with Crippen LogP contribution in [0.3, 0.4) is 0 Å². The van der Waals surface area contributed by atoms with Gasteiger partial charge in [-0.2, -0.15) is 5.10 Å². The molecule has 5 heterocycles. The molecular formula is C32H35N9O. The van der Waals surface area contributed by atoms with Gasteiger partial charge in [0.1, 0.15) is 11.3 Å². The molecule has 0 aliphatic heterocycles. The van der Waals surface area contributed by atoms with E-state index in [0.29, 0.717) is 24.1 Å². The first-order valence-corrected chi connectivity index (χ1v) is 13.9. The highest BCUT2D eigenvalue weighted by Crippen LogP contribution is 2.31. The minimum atomic E-state index is 0.394. The average molecular weight is 562 g/mol. The molecule has 0 radical (unpaired) electrons. The lowest BCUT2D eigenvalue weighted by atomic mass is 10.0. The van der Waals surface area contributed by atoms with Gasteiger partial charge in [-0.3, -0.25) is 14.1 Å². The Kier molecular flexibility index (Phi) is 7.07. The van der Waals surface area contributed by atoms with Crippen molar-refractivity contribution in [2.75, 3.05) is 26.0 Å². The lowest BCUT2D eigenvalue weighted by molar-refractivity contribution is 0.402. The molecule has 0 N–H and O–H groups in total. The van der Waals surface area contributed by atoms with Crippen molar-refractivity contribution in [3.8, 4) is 34.0 Å². The number of aryl methyl sites for hydroxylation is 3. The van der Waals surface area contributed by atoms with Crippen molar-refractivity contribution in [1.82, 2.24) is 39.2 Å². The summed E-state index contributed by atoms with van der Waals surface area (Å²) in [6, 6.07) is 15.2. The van der Waals surface area contributed by atoms with Crippen molar-refractivity contribution < 1.29 is 4.42 Å². The summed E-state index contributed by atoms with van der Waals surface area (Å²) in [6.45, 7) is 7.56. The molecule has 0 fully saturated rings. The maximum atomic E-state index is 6.09. The van der Waals surface area contributed by atoms with Crippen molar-refractivity contribution in [1.29, 1.82) is 0 Å². The molecule has 10 nitrogen and oxygen atoms in total. The zero-order valence-corrected chi connectivity index (χ0v) is 25.1. The van der Waals surface area contributed by atoms with Crippen LogP contribution in [0.25, 0.3) is 39.6 Å². The van der Waals surface area contributed by atoms with Crippen molar-refractivity contribution >= 4 is 11.7 Å². The van der Waals surface area contributed by atoms with Gasteiger partial charge in [-0.05, 0) is 69.8 Å². The molecule has 0 aliphatic rings. The number of rotatable bonds is 8. The Morgan fingerprint density at radius 1 is 0.857 bits per heavy atom. The lowest BCUT2D eigenvalue weighted by Crippen LogP contribution is -2.17. The van der Waals surface area contributed by atoms with E-state index in [2.05, 4.69) is 93.2 Å². The molecule has 0 atom stereocenters.